The summed E-state index contributed by atoms with van der Waals surface area (Å²) >= 11 is 0. The van der Waals surface area contributed by atoms with Crippen molar-refractivity contribution in [3.05, 3.63) is 66.1 Å². The number of nitrogens with zero attached hydrogens (tertiary/aromatic N) is 3. The number of pyridine rings is 1. The molecule has 6 heteroatoms. The van der Waals surface area contributed by atoms with Gasteiger partial charge in [-0.25, -0.2) is 0 Å². The number of H-pyrrole nitrogens is 1. The summed E-state index contributed by atoms with van der Waals surface area (Å²) in [5, 5.41) is 13.9. The maximum absolute atomic E-state index is 12.9. The molecule has 1 aromatic carbocycles. The van der Waals surface area contributed by atoms with Crippen molar-refractivity contribution >= 4 is 5.91 Å². The van der Waals surface area contributed by atoms with E-state index >= 15 is 0 Å². The molecule has 126 valence electrons. The first-order valence-corrected chi connectivity index (χ1v) is 8.51. The van der Waals surface area contributed by atoms with Gasteiger partial charge in [-0.15, -0.1) is 0 Å². The van der Waals surface area contributed by atoms with Crippen LogP contribution in [-0.4, -0.2) is 26.3 Å². The summed E-state index contributed by atoms with van der Waals surface area (Å²) in [4.78, 5) is 17.3. The lowest BCUT2D eigenvalue weighted by atomic mass is 9.78. The van der Waals surface area contributed by atoms with Crippen LogP contribution in [0.5, 0.6) is 0 Å². The summed E-state index contributed by atoms with van der Waals surface area (Å²) in [6, 6.07) is 15.3. The van der Waals surface area contributed by atoms with Crippen LogP contribution < -0.4 is 5.32 Å². The van der Waals surface area contributed by atoms with Crippen LogP contribution in [0.4, 0.5) is 0 Å². The molecule has 0 aliphatic heterocycles. The van der Waals surface area contributed by atoms with E-state index in [1.807, 2.05) is 48.5 Å². The molecule has 1 saturated carbocycles. The van der Waals surface area contributed by atoms with Gasteiger partial charge in [0.25, 0.3) is 5.91 Å². The molecular weight excluding hydrogens is 314 g/mol. The number of nitrogens with one attached hydrogen (secondary N) is 2. The van der Waals surface area contributed by atoms with Crippen molar-refractivity contribution in [2.75, 3.05) is 0 Å². The van der Waals surface area contributed by atoms with Crippen LogP contribution in [-0.2, 0) is 0 Å². The molecule has 0 spiro atoms. The Morgan fingerprint density at radius 2 is 1.88 bits per heavy atom. The number of benzene rings is 1. The molecule has 1 aliphatic carbocycles. The molecule has 25 heavy (non-hydrogen) atoms. The molecule has 3 aromatic rings. The van der Waals surface area contributed by atoms with Crippen LogP contribution in [0.25, 0.3) is 11.3 Å². The monoisotopic (exact) mass is 333 g/mol. The van der Waals surface area contributed by atoms with Crippen molar-refractivity contribution in [2.45, 2.75) is 25.3 Å². The van der Waals surface area contributed by atoms with E-state index in [4.69, 9.17) is 0 Å². The molecule has 1 unspecified atom stereocenters. The zero-order valence-corrected chi connectivity index (χ0v) is 13.7. The predicted octanol–water partition coefficient (Wildman–Crippen LogP) is 3.14. The van der Waals surface area contributed by atoms with Crippen molar-refractivity contribution in [3.8, 4) is 11.3 Å². The van der Waals surface area contributed by atoms with Gasteiger partial charge in [-0.05, 0) is 30.9 Å². The molecule has 0 radical (unpaired) electrons. The van der Waals surface area contributed by atoms with Crippen LogP contribution in [0.15, 0.2) is 54.7 Å². The van der Waals surface area contributed by atoms with E-state index in [0.717, 1.165) is 24.1 Å². The maximum atomic E-state index is 12.9. The van der Waals surface area contributed by atoms with Gasteiger partial charge in [0.15, 0.2) is 5.69 Å². The molecule has 1 aliphatic rings. The van der Waals surface area contributed by atoms with Crippen LogP contribution in [0.1, 0.15) is 41.5 Å². The topological polar surface area (TPSA) is 83.6 Å². The fraction of sp³-hybridized carbons (Fsp3) is 0.263. The average molecular weight is 333 g/mol. The Morgan fingerprint density at radius 1 is 1.08 bits per heavy atom. The lowest BCUT2D eigenvalue weighted by Crippen LogP contribution is -2.37. The van der Waals surface area contributed by atoms with Gasteiger partial charge in [0, 0.05) is 11.8 Å². The minimum atomic E-state index is -0.227. The van der Waals surface area contributed by atoms with Gasteiger partial charge >= 0.3 is 0 Å². The highest BCUT2D eigenvalue weighted by molar-refractivity contribution is 5.98. The summed E-state index contributed by atoms with van der Waals surface area (Å²) in [7, 11) is 0. The summed E-state index contributed by atoms with van der Waals surface area (Å²) in [6.45, 7) is 0. The molecule has 2 heterocycles. The first kappa shape index (κ1) is 15.5. The van der Waals surface area contributed by atoms with Gasteiger partial charge in [-0.1, -0.05) is 42.8 Å². The summed E-state index contributed by atoms with van der Waals surface area (Å²) in [5.74, 6) is 0.195. The molecule has 1 amide bonds. The second-order valence-corrected chi connectivity index (χ2v) is 6.28. The first-order valence-electron chi connectivity index (χ1n) is 8.51. The first-order chi connectivity index (χ1) is 12.3. The zero-order valence-electron chi connectivity index (χ0n) is 13.7. The van der Waals surface area contributed by atoms with E-state index in [2.05, 4.69) is 25.7 Å². The van der Waals surface area contributed by atoms with E-state index in [1.54, 1.807) is 6.20 Å². The number of hydrogen-bond donors (Lipinski definition) is 2. The summed E-state index contributed by atoms with van der Waals surface area (Å²) in [6.07, 6.45) is 5.17. The normalized spacial score (nSPS) is 15.4. The molecule has 0 saturated heterocycles. The number of amides is 1. The largest absolute Gasteiger partial charge is 0.342 e. The van der Waals surface area contributed by atoms with Gasteiger partial charge < -0.3 is 5.32 Å². The lowest BCUT2D eigenvalue weighted by Gasteiger charge is -2.33. The SMILES string of the molecule is O=C(NC(c1ccccn1)C1CCC1)c1n[nH]nc1-c1ccccc1. The quantitative estimate of drug-likeness (QED) is 0.751. The van der Waals surface area contributed by atoms with E-state index < -0.39 is 0 Å². The van der Waals surface area contributed by atoms with Crippen LogP contribution >= 0.6 is 0 Å². The van der Waals surface area contributed by atoms with Crippen molar-refractivity contribution < 1.29 is 4.79 Å². The van der Waals surface area contributed by atoms with Gasteiger partial charge in [-0.3, -0.25) is 9.78 Å². The Labute approximate surface area is 145 Å². The number of carbonyl (C=O) groups is 1. The Balaban J connectivity index is 1.60. The highest BCUT2D eigenvalue weighted by atomic mass is 16.2. The van der Waals surface area contributed by atoms with Gasteiger partial charge in [0.2, 0.25) is 0 Å². The molecule has 2 N–H and O–H groups in total. The van der Waals surface area contributed by atoms with Crippen molar-refractivity contribution in [1.82, 2.24) is 25.7 Å². The summed E-state index contributed by atoms with van der Waals surface area (Å²) < 4.78 is 0. The third-order valence-corrected chi connectivity index (χ3v) is 4.72. The van der Waals surface area contributed by atoms with Crippen LogP contribution in [0, 0.1) is 5.92 Å². The number of carbonyl (C=O) groups excluding carboxylic acids is 1. The standard InChI is InChI=1S/C19H19N5O/c25-19(18-17(22-24-23-18)14-7-2-1-3-8-14)21-16(13-9-6-10-13)15-11-4-5-12-20-15/h1-5,7-8,11-13,16H,6,9-10H2,(H,21,25)(H,22,23,24). The Morgan fingerprint density at radius 3 is 2.56 bits per heavy atom. The van der Waals surface area contributed by atoms with E-state index in [-0.39, 0.29) is 11.9 Å². The zero-order chi connectivity index (χ0) is 17.1. The molecule has 0 bridgehead atoms. The van der Waals surface area contributed by atoms with Crippen molar-refractivity contribution in [3.63, 3.8) is 0 Å². The maximum Gasteiger partial charge on any atom is 0.274 e. The second kappa shape index (κ2) is 6.84. The van der Waals surface area contributed by atoms with E-state index in [0.29, 0.717) is 17.3 Å². The molecule has 4 rings (SSSR count). The average Bonchev–Trinajstić information content (AvgIpc) is 3.11. The highest BCUT2D eigenvalue weighted by Crippen LogP contribution is 2.37. The molecule has 1 atom stereocenters. The minimum Gasteiger partial charge on any atom is -0.342 e. The molecule has 1 fully saturated rings. The van der Waals surface area contributed by atoms with Crippen molar-refractivity contribution in [2.24, 2.45) is 5.92 Å². The number of hydrogen-bond acceptors (Lipinski definition) is 4. The smallest absolute Gasteiger partial charge is 0.274 e. The molecule has 6 nitrogen and oxygen atoms in total. The fourth-order valence-corrected chi connectivity index (χ4v) is 3.16. The Kier molecular flexibility index (Phi) is 4.24. The molecule has 2 aromatic heterocycles. The van der Waals surface area contributed by atoms with E-state index in [1.165, 1.54) is 6.42 Å². The third-order valence-electron chi connectivity index (χ3n) is 4.72. The van der Waals surface area contributed by atoms with Gasteiger partial charge in [0.05, 0.1) is 11.7 Å². The Bertz CT molecular complexity index is 843. The van der Waals surface area contributed by atoms with Crippen molar-refractivity contribution in [1.29, 1.82) is 0 Å². The van der Waals surface area contributed by atoms with Crippen LogP contribution in [0.2, 0.25) is 0 Å². The highest BCUT2D eigenvalue weighted by Gasteiger charge is 2.32. The second-order valence-electron chi connectivity index (χ2n) is 6.28. The minimum absolute atomic E-state index is 0.0947. The van der Waals surface area contributed by atoms with E-state index in [9.17, 15) is 4.79 Å². The lowest BCUT2D eigenvalue weighted by molar-refractivity contribution is 0.0894. The Hall–Kier alpha value is -3.02. The predicted molar refractivity (Wildman–Crippen MR) is 93.6 cm³/mol. The third kappa shape index (κ3) is 3.15. The number of rotatable bonds is 5. The number of aromatic nitrogens is 4. The molecular formula is C19H19N5O. The summed E-state index contributed by atoms with van der Waals surface area (Å²) in [5.41, 5.74) is 2.63. The van der Waals surface area contributed by atoms with Gasteiger partial charge in [0.1, 0.15) is 5.69 Å². The number of aromatic amines is 1. The van der Waals surface area contributed by atoms with Gasteiger partial charge in [-0.2, -0.15) is 15.4 Å². The van der Waals surface area contributed by atoms with Crippen LogP contribution in [0.3, 0.4) is 0 Å². The fourth-order valence-electron chi connectivity index (χ4n) is 3.16.